The molecule has 1 unspecified atom stereocenters. The number of halogens is 1. The lowest BCUT2D eigenvalue weighted by Gasteiger charge is -2.26. The summed E-state index contributed by atoms with van der Waals surface area (Å²) < 4.78 is 23.3. The molecule has 1 aromatic rings. The number of nitrogens with zero attached hydrogens (tertiary/aromatic N) is 2. The molecule has 6 atom stereocenters. The van der Waals surface area contributed by atoms with Crippen molar-refractivity contribution >= 4 is 48.4 Å². The number of rotatable bonds is 14. The summed E-state index contributed by atoms with van der Waals surface area (Å²) in [4.78, 5) is 50.4. The van der Waals surface area contributed by atoms with Crippen LogP contribution in [0.1, 0.15) is 47.8 Å². The van der Waals surface area contributed by atoms with Crippen LogP contribution in [0.15, 0.2) is 17.1 Å². The van der Waals surface area contributed by atoms with E-state index in [2.05, 4.69) is 10.1 Å². The fourth-order valence-corrected chi connectivity index (χ4v) is 6.16. The van der Waals surface area contributed by atoms with Gasteiger partial charge in [-0.2, -0.15) is 18.9 Å². The average molecular weight is 630 g/mol. The van der Waals surface area contributed by atoms with E-state index >= 15 is 0 Å². The number of nitrogens with two attached hydrogens (primary N) is 1. The third-order valence-electron chi connectivity index (χ3n) is 5.83. The Kier molecular flexibility index (Phi) is 12.3. The van der Waals surface area contributed by atoms with Gasteiger partial charge in [0, 0.05) is 11.9 Å². The van der Waals surface area contributed by atoms with E-state index in [-0.39, 0.29) is 29.9 Å². The molecular formula is C23H39ClN4O10PS+. The molecule has 0 bridgehead atoms. The molecule has 1 aliphatic heterocycles. The quantitative estimate of drug-likeness (QED) is 0.0843. The summed E-state index contributed by atoms with van der Waals surface area (Å²) in [5.41, 5.74) is 3.85. The topological polar surface area (TPSA) is 205 Å². The molecule has 0 aliphatic carbocycles. The monoisotopic (exact) mass is 629 g/mol. The van der Waals surface area contributed by atoms with E-state index in [9.17, 15) is 29.5 Å². The van der Waals surface area contributed by atoms with Gasteiger partial charge in [0.1, 0.15) is 42.2 Å². The molecule has 1 aromatic heterocycles. The van der Waals surface area contributed by atoms with Crippen LogP contribution in [0.2, 0.25) is 0 Å². The molecule has 1 aliphatic rings. The number of alkyl halides is 1. The predicted octanol–water partition coefficient (Wildman–Crippen LogP) is 0.992. The molecule has 0 radical (unpaired) electrons. The Hall–Kier alpha value is -1.39. The van der Waals surface area contributed by atoms with Gasteiger partial charge in [-0.3, -0.25) is 14.2 Å². The molecular weight excluding hydrogens is 591 g/mol. The predicted molar refractivity (Wildman–Crippen MR) is 150 cm³/mol. The summed E-state index contributed by atoms with van der Waals surface area (Å²) in [6, 6.07) is 0.320. The van der Waals surface area contributed by atoms with E-state index in [1.807, 2.05) is 0 Å². The normalized spacial score (nSPS) is 25.5. The largest absolute Gasteiger partial charge is 0.499 e. The van der Waals surface area contributed by atoms with Crippen molar-refractivity contribution in [3.63, 3.8) is 0 Å². The number of esters is 1. The van der Waals surface area contributed by atoms with E-state index < -0.39 is 67.2 Å². The second-order valence-corrected chi connectivity index (χ2v) is 14.0. The number of anilines is 1. The first-order valence-corrected chi connectivity index (χ1v) is 15.4. The summed E-state index contributed by atoms with van der Waals surface area (Å²) in [6.45, 7) is 8.48. The molecule has 14 nitrogen and oxygen atoms in total. The second kappa shape index (κ2) is 14.2. The number of aromatic nitrogens is 2. The van der Waals surface area contributed by atoms with Crippen LogP contribution in [0.5, 0.6) is 0 Å². The summed E-state index contributed by atoms with van der Waals surface area (Å²) >= 11 is 7.47. The smallest absolute Gasteiger partial charge is 0.462 e. The maximum absolute atomic E-state index is 12.4. The third kappa shape index (κ3) is 9.05. The number of aliphatic hydroxyl groups excluding tert-OH is 2. The van der Waals surface area contributed by atoms with Crippen LogP contribution >= 0.6 is 31.5 Å². The summed E-state index contributed by atoms with van der Waals surface area (Å²) in [6.07, 6.45) is -2.73. The van der Waals surface area contributed by atoms with Gasteiger partial charge < -0.3 is 25.4 Å². The number of nitrogens with one attached hydrogen (secondary N) is 1. The van der Waals surface area contributed by atoms with E-state index in [0.717, 1.165) is 16.3 Å². The van der Waals surface area contributed by atoms with Gasteiger partial charge in [0.2, 0.25) is 0 Å². The zero-order chi connectivity index (χ0) is 30.5. The highest BCUT2D eigenvalue weighted by molar-refractivity contribution is 8.13. The zero-order valence-electron chi connectivity index (χ0n) is 23.3. The fourth-order valence-electron chi connectivity index (χ4n) is 3.43. The Morgan fingerprint density at radius 1 is 1.38 bits per heavy atom. The first-order chi connectivity index (χ1) is 18.4. The molecule has 0 saturated carbocycles. The Morgan fingerprint density at radius 3 is 2.60 bits per heavy atom. The molecule has 228 valence electrons. The number of carbonyl (C=O) groups is 2. The fraction of sp³-hybridized carbons (Fsp3) is 0.739. The lowest BCUT2D eigenvalue weighted by atomic mass is 9.97. The lowest BCUT2D eigenvalue weighted by Crippen LogP contribution is -2.42. The molecule has 17 heteroatoms. The summed E-state index contributed by atoms with van der Waals surface area (Å²) in [7, 11) is -4.02. The molecule has 0 aromatic carbocycles. The molecule has 0 spiro atoms. The van der Waals surface area contributed by atoms with Crippen molar-refractivity contribution in [1.82, 2.24) is 14.6 Å². The molecule has 1 fully saturated rings. The maximum atomic E-state index is 12.4. The first-order valence-electron chi connectivity index (χ1n) is 12.5. The molecule has 1 saturated heterocycles. The number of ether oxygens (including phenoxy) is 2. The number of thioether (sulfide) groups is 1. The van der Waals surface area contributed by atoms with Crippen LogP contribution in [0.25, 0.3) is 0 Å². The van der Waals surface area contributed by atoms with Crippen LogP contribution in [0.4, 0.5) is 5.82 Å². The van der Waals surface area contributed by atoms with Crippen molar-refractivity contribution in [2.24, 2.45) is 5.41 Å². The molecule has 0 amide bonds. The molecule has 40 heavy (non-hydrogen) atoms. The van der Waals surface area contributed by atoms with E-state index in [0.29, 0.717) is 0 Å². The standard InChI is InChI=1S/C23H38ClN4O10PS/c1-13(2)37-18(31)14(3)27-39(34,35-9-10-40-20(32)22(4,5)12-29)36-11-15-17(30)23(6,24)19(38-15)28-8-7-16(25)26-21(28)33/h7-8,13-15,17,19,27,29-30,34H,9-12H2,1-6H3,(H-,25,26,33)/p+1/t14-,15+,17+,19+,23+,39?/m0/s1. The molecule has 6 N–H and O–H groups in total. The number of aliphatic hydroxyl groups is 2. The minimum absolute atomic E-state index is 0.000979. The number of nitrogen functional groups attached to an aromatic ring is 1. The molecule has 2 heterocycles. The zero-order valence-corrected chi connectivity index (χ0v) is 25.7. The highest BCUT2D eigenvalue weighted by atomic mass is 35.5. The maximum Gasteiger partial charge on any atom is 0.499 e. The van der Waals surface area contributed by atoms with Crippen molar-refractivity contribution in [1.29, 1.82) is 0 Å². The van der Waals surface area contributed by atoms with Gasteiger partial charge >= 0.3 is 19.8 Å². The van der Waals surface area contributed by atoms with Crippen LogP contribution in [-0.2, 0) is 28.1 Å². The minimum Gasteiger partial charge on any atom is -0.462 e. The van der Waals surface area contributed by atoms with Crippen molar-refractivity contribution in [3.05, 3.63) is 22.7 Å². The van der Waals surface area contributed by atoms with Crippen LogP contribution in [-0.4, -0.2) is 90.5 Å². The van der Waals surface area contributed by atoms with E-state index in [1.165, 1.54) is 26.1 Å². The Balaban J connectivity index is 2.15. The van der Waals surface area contributed by atoms with Gasteiger partial charge in [-0.05, 0) is 47.6 Å². The molecule has 2 rings (SSSR count). The van der Waals surface area contributed by atoms with Gasteiger partial charge in [-0.1, -0.05) is 11.8 Å². The van der Waals surface area contributed by atoms with Crippen LogP contribution < -0.4 is 16.5 Å². The van der Waals surface area contributed by atoms with Gasteiger partial charge in [0.05, 0.1) is 18.1 Å². The number of hydrogen-bond acceptors (Lipinski definition) is 14. The Morgan fingerprint density at radius 2 is 2.02 bits per heavy atom. The van der Waals surface area contributed by atoms with Crippen LogP contribution in [0, 0.1) is 5.41 Å². The van der Waals surface area contributed by atoms with E-state index in [1.54, 1.807) is 27.7 Å². The Labute approximate surface area is 242 Å². The Bertz CT molecular complexity index is 1090. The lowest BCUT2D eigenvalue weighted by molar-refractivity contribution is -0.149. The van der Waals surface area contributed by atoms with Gasteiger partial charge in [-0.25, -0.2) is 4.79 Å². The minimum atomic E-state index is -4.02. The highest BCUT2D eigenvalue weighted by Gasteiger charge is 2.55. The van der Waals surface area contributed by atoms with Gasteiger partial charge in [0.15, 0.2) is 11.3 Å². The number of hydrogen-bond donors (Lipinski definition) is 5. The van der Waals surface area contributed by atoms with Gasteiger partial charge in [0.25, 0.3) is 0 Å². The van der Waals surface area contributed by atoms with Gasteiger partial charge in [-0.15, -0.1) is 16.7 Å². The van der Waals surface area contributed by atoms with Crippen molar-refractivity contribution in [2.45, 2.75) is 77.0 Å². The number of carbonyl (C=O) groups excluding carboxylic acids is 2. The summed E-state index contributed by atoms with van der Waals surface area (Å²) in [5, 5.41) is 22.6. The van der Waals surface area contributed by atoms with Crippen molar-refractivity contribution in [2.75, 3.05) is 31.3 Å². The van der Waals surface area contributed by atoms with Crippen molar-refractivity contribution in [3.8, 4) is 0 Å². The van der Waals surface area contributed by atoms with Crippen molar-refractivity contribution < 1.29 is 43.2 Å². The SMILES string of the molecule is CC(C)OC(=O)[C@H](C)N[P+](O)(OCCSC(=O)C(C)(C)CO)OC[C@H]1O[C@@H](n2ccc(N)nc2=O)[C@](C)(Cl)[C@@H]1O. The summed E-state index contributed by atoms with van der Waals surface area (Å²) in [5.74, 6) is -0.563. The highest BCUT2D eigenvalue weighted by Crippen LogP contribution is 2.54. The third-order valence-corrected chi connectivity index (χ3v) is 9.17. The second-order valence-electron chi connectivity index (χ2n) is 10.3. The van der Waals surface area contributed by atoms with E-state index in [4.69, 9.17) is 35.9 Å². The van der Waals surface area contributed by atoms with Crippen LogP contribution in [0.3, 0.4) is 0 Å². The average Bonchev–Trinajstić information content (AvgIpc) is 3.08. The first kappa shape index (κ1) is 34.8.